The average Bonchev–Trinajstić information content (AvgIpc) is 2.76. The van der Waals surface area contributed by atoms with Crippen LogP contribution in [0.3, 0.4) is 0 Å². The highest BCUT2D eigenvalue weighted by molar-refractivity contribution is 7.91. The van der Waals surface area contributed by atoms with E-state index < -0.39 is 10.0 Å². The highest BCUT2D eigenvalue weighted by Crippen LogP contribution is 2.36. The van der Waals surface area contributed by atoms with Gasteiger partial charge < -0.3 is 5.73 Å². The number of nitrogen functional groups attached to an aromatic ring is 1. The maximum absolute atomic E-state index is 12.4. The summed E-state index contributed by atoms with van der Waals surface area (Å²) in [7, 11) is -3.34. The van der Waals surface area contributed by atoms with Gasteiger partial charge in [-0.1, -0.05) is 20.8 Å². The Morgan fingerprint density at radius 3 is 2.32 bits per heavy atom. The molecule has 0 unspecified atom stereocenters. The van der Waals surface area contributed by atoms with Gasteiger partial charge in [-0.2, -0.15) is 4.31 Å². The summed E-state index contributed by atoms with van der Waals surface area (Å²) < 4.78 is 26.8. The van der Waals surface area contributed by atoms with Gasteiger partial charge >= 0.3 is 0 Å². The van der Waals surface area contributed by atoms with E-state index in [1.165, 1.54) is 11.3 Å². The van der Waals surface area contributed by atoms with Crippen LogP contribution in [0.1, 0.15) is 33.6 Å². The van der Waals surface area contributed by atoms with Crippen LogP contribution in [0.15, 0.2) is 15.7 Å². The summed E-state index contributed by atoms with van der Waals surface area (Å²) in [4.78, 5) is 0. The molecule has 1 aromatic rings. The van der Waals surface area contributed by atoms with E-state index in [9.17, 15) is 8.42 Å². The number of nitrogens with zero attached hydrogens (tertiary/aromatic N) is 1. The van der Waals surface area contributed by atoms with Crippen molar-refractivity contribution in [3.63, 3.8) is 0 Å². The standard InChI is InChI=1S/C13H22N2O2S2/c1-13(2,3)10-4-6-15(7-5-10)19(16,17)12-8-11(14)9-18-12/h8-10H,4-7,14H2,1-3H3. The molecule has 1 aliphatic heterocycles. The minimum Gasteiger partial charge on any atom is -0.398 e. The normalized spacial score (nSPS) is 19.7. The summed E-state index contributed by atoms with van der Waals surface area (Å²) >= 11 is 1.20. The molecule has 19 heavy (non-hydrogen) atoms. The fraction of sp³-hybridized carbons (Fsp3) is 0.692. The van der Waals surface area contributed by atoms with E-state index in [0.717, 1.165) is 12.8 Å². The molecular formula is C13H22N2O2S2. The zero-order valence-corrected chi connectivity index (χ0v) is 13.4. The summed E-state index contributed by atoms with van der Waals surface area (Å²) in [5.74, 6) is 0.590. The molecular weight excluding hydrogens is 280 g/mol. The Morgan fingerprint density at radius 2 is 1.89 bits per heavy atom. The van der Waals surface area contributed by atoms with Crippen LogP contribution in [0, 0.1) is 11.3 Å². The van der Waals surface area contributed by atoms with Crippen molar-refractivity contribution in [1.29, 1.82) is 0 Å². The van der Waals surface area contributed by atoms with Gasteiger partial charge in [0.1, 0.15) is 4.21 Å². The summed E-state index contributed by atoms with van der Waals surface area (Å²) in [6.07, 6.45) is 1.87. The molecule has 0 aliphatic carbocycles. The van der Waals surface area contributed by atoms with Crippen molar-refractivity contribution in [3.05, 3.63) is 11.4 Å². The molecule has 1 saturated heterocycles. The van der Waals surface area contributed by atoms with E-state index in [1.807, 2.05) is 0 Å². The molecule has 2 heterocycles. The second-order valence-corrected chi connectivity index (χ2v) is 9.32. The molecule has 0 atom stereocenters. The molecule has 0 spiro atoms. The zero-order valence-electron chi connectivity index (χ0n) is 11.7. The Balaban J connectivity index is 2.09. The minimum absolute atomic E-state index is 0.253. The SMILES string of the molecule is CC(C)(C)C1CCN(S(=O)(=O)c2cc(N)cs2)CC1. The number of rotatable bonds is 2. The van der Waals surface area contributed by atoms with Gasteiger partial charge in [0, 0.05) is 24.2 Å². The molecule has 1 fully saturated rings. The lowest BCUT2D eigenvalue weighted by Crippen LogP contribution is -2.41. The third-order valence-corrected chi connectivity index (χ3v) is 7.20. The zero-order chi connectivity index (χ0) is 14.3. The molecule has 2 rings (SSSR count). The third-order valence-electron chi connectivity index (χ3n) is 3.87. The van der Waals surface area contributed by atoms with Crippen LogP contribution in [0.4, 0.5) is 5.69 Å². The number of hydrogen-bond acceptors (Lipinski definition) is 4. The Hall–Kier alpha value is -0.590. The smallest absolute Gasteiger partial charge is 0.252 e. The molecule has 108 valence electrons. The highest BCUT2D eigenvalue weighted by atomic mass is 32.2. The lowest BCUT2D eigenvalue weighted by molar-refractivity contribution is 0.154. The van der Waals surface area contributed by atoms with Crippen LogP contribution in [-0.4, -0.2) is 25.8 Å². The Kier molecular flexibility index (Phi) is 3.95. The summed E-state index contributed by atoms with van der Waals surface area (Å²) in [6, 6.07) is 1.55. The van der Waals surface area contributed by atoms with Crippen LogP contribution in [0.5, 0.6) is 0 Å². The van der Waals surface area contributed by atoms with E-state index in [0.29, 0.717) is 28.9 Å². The maximum atomic E-state index is 12.4. The first-order valence-corrected chi connectivity index (χ1v) is 8.87. The summed E-state index contributed by atoms with van der Waals surface area (Å²) in [5, 5.41) is 1.68. The van der Waals surface area contributed by atoms with Crippen LogP contribution in [0.25, 0.3) is 0 Å². The third kappa shape index (κ3) is 3.12. The number of piperidine rings is 1. The van der Waals surface area contributed by atoms with Gasteiger partial charge in [-0.25, -0.2) is 8.42 Å². The van der Waals surface area contributed by atoms with Gasteiger partial charge in [0.25, 0.3) is 10.0 Å². The van der Waals surface area contributed by atoms with E-state index in [4.69, 9.17) is 5.73 Å². The first-order chi connectivity index (χ1) is 8.71. The molecule has 2 N–H and O–H groups in total. The van der Waals surface area contributed by atoms with Crippen LogP contribution in [-0.2, 0) is 10.0 Å². The van der Waals surface area contributed by atoms with Crippen LogP contribution in [0.2, 0.25) is 0 Å². The molecule has 4 nitrogen and oxygen atoms in total. The Labute approximate surface area is 119 Å². The van der Waals surface area contributed by atoms with Crippen molar-refractivity contribution in [2.45, 2.75) is 37.8 Å². The fourth-order valence-corrected chi connectivity index (χ4v) is 5.26. The van der Waals surface area contributed by atoms with Crippen molar-refractivity contribution >= 4 is 27.0 Å². The number of thiophene rings is 1. The summed E-state index contributed by atoms with van der Waals surface area (Å²) in [5.41, 5.74) is 6.39. The highest BCUT2D eigenvalue weighted by Gasteiger charge is 2.34. The molecule has 0 saturated carbocycles. The number of nitrogens with two attached hydrogens (primary N) is 1. The van der Waals surface area contributed by atoms with Gasteiger partial charge in [0.15, 0.2) is 0 Å². The Bertz CT molecular complexity index is 535. The van der Waals surface area contributed by atoms with Crippen molar-refractivity contribution in [1.82, 2.24) is 4.31 Å². The molecule has 0 radical (unpaired) electrons. The summed E-state index contributed by atoms with van der Waals surface area (Å²) in [6.45, 7) is 7.90. The van der Waals surface area contributed by atoms with E-state index in [2.05, 4.69) is 20.8 Å². The predicted molar refractivity (Wildman–Crippen MR) is 79.7 cm³/mol. The van der Waals surface area contributed by atoms with Gasteiger partial charge in [-0.05, 0) is 30.2 Å². The number of anilines is 1. The Morgan fingerprint density at radius 1 is 1.32 bits per heavy atom. The minimum atomic E-state index is -3.34. The monoisotopic (exact) mass is 302 g/mol. The predicted octanol–water partition coefficient (Wildman–Crippen LogP) is 2.78. The van der Waals surface area contributed by atoms with Crippen molar-refractivity contribution in [2.24, 2.45) is 11.3 Å². The van der Waals surface area contributed by atoms with E-state index >= 15 is 0 Å². The van der Waals surface area contributed by atoms with Gasteiger partial charge in [-0.3, -0.25) is 0 Å². The maximum Gasteiger partial charge on any atom is 0.252 e. The van der Waals surface area contributed by atoms with Gasteiger partial charge in [-0.15, -0.1) is 11.3 Å². The van der Waals surface area contributed by atoms with Crippen LogP contribution >= 0.6 is 11.3 Å². The fourth-order valence-electron chi connectivity index (χ4n) is 2.55. The van der Waals surface area contributed by atoms with Gasteiger partial charge in [0.2, 0.25) is 0 Å². The second-order valence-electron chi connectivity index (χ2n) is 6.24. The molecule has 6 heteroatoms. The first-order valence-electron chi connectivity index (χ1n) is 6.55. The first kappa shape index (κ1) is 14.8. The van der Waals surface area contributed by atoms with Gasteiger partial charge in [0.05, 0.1) is 0 Å². The molecule has 1 aliphatic rings. The number of hydrogen-bond donors (Lipinski definition) is 1. The average molecular weight is 302 g/mol. The van der Waals surface area contributed by atoms with Crippen LogP contribution < -0.4 is 5.73 Å². The van der Waals surface area contributed by atoms with E-state index in [-0.39, 0.29) is 5.41 Å². The largest absolute Gasteiger partial charge is 0.398 e. The quantitative estimate of drug-likeness (QED) is 0.913. The van der Waals surface area contributed by atoms with Crippen molar-refractivity contribution < 1.29 is 8.42 Å². The van der Waals surface area contributed by atoms with Crippen molar-refractivity contribution in [3.8, 4) is 0 Å². The molecule has 0 aromatic carbocycles. The number of sulfonamides is 1. The molecule has 1 aromatic heterocycles. The second kappa shape index (κ2) is 5.07. The lowest BCUT2D eigenvalue weighted by atomic mass is 9.76. The van der Waals surface area contributed by atoms with E-state index in [1.54, 1.807) is 15.8 Å². The molecule has 0 bridgehead atoms. The molecule has 0 amide bonds. The lowest BCUT2D eigenvalue weighted by Gasteiger charge is -2.37. The van der Waals surface area contributed by atoms with Crippen molar-refractivity contribution in [2.75, 3.05) is 18.8 Å². The topological polar surface area (TPSA) is 63.4 Å².